The number of aromatic nitrogens is 3. The van der Waals surface area contributed by atoms with Gasteiger partial charge in [-0.15, -0.1) is 0 Å². The van der Waals surface area contributed by atoms with E-state index in [1.165, 1.54) is 11.9 Å². The summed E-state index contributed by atoms with van der Waals surface area (Å²) in [5.41, 5.74) is 7.95. The van der Waals surface area contributed by atoms with Gasteiger partial charge in [0.1, 0.15) is 36.1 Å². The highest BCUT2D eigenvalue weighted by Crippen LogP contribution is 2.43. The minimum atomic E-state index is -0.661. The van der Waals surface area contributed by atoms with E-state index in [4.69, 9.17) is 19.9 Å². The minimum Gasteiger partial charge on any atom is -0.383 e. The van der Waals surface area contributed by atoms with Crippen LogP contribution < -0.4 is 11.1 Å². The van der Waals surface area contributed by atoms with Crippen molar-refractivity contribution in [2.24, 2.45) is 0 Å². The molecule has 0 amide bonds. The second-order valence-corrected chi connectivity index (χ2v) is 7.97. The number of nitrogens with one attached hydrogen (secondary N) is 1. The number of nitrogens with zero attached hydrogens (tertiary/aromatic N) is 3. The molecule has 0 bridgehead atoms. The van der Waals surface area contributed by atoms with Crippen molar-refractivity contribution in [1.29, 1.82) is 0 Å². The molecule has 152 valence electrons. The highest BCUT2D eigenvalue weighted by molar-refractivity contribution is 5.86. The first-order valence-electron chi connectivity index (χ1n) is 9.84. The summed E-state index contributed by atoms with van der Waals surface area (Å²) in [5, 5.41) is 4.28. The van der Waals surface area contributed by atoms with Crippen LogP contribution in [-0.4, -0.2) is 45.2 Å². The van der Waals surface area contributed by atoms with E-state index in [0.29, 0.717) is 12.4 Å². The van der Waals surface area contributed by atoms with Crippen molar-refractivity contribution in [3.05, 3.63) is 54.5 Å². The van der Waals surface area contributed by atoms with Crippen LogP contribution in [0.4, 0.5) is 5.82 Å². The summed E-state index contributed by atoms with van der Waals surface area (Å²) < 4.78 is 20.8. The van der Waals surface area contributed by atoms with Crippen LogP contribution in [0.3, 0.4) is 0 Å². The first-order chi connectivity index (χ1) is 14.0. The van der Waals surface area contributed by atoms with Crippen molar-refractivity contribution in [1.82, 2.24) is 19.9 Å². The van der Waals surface area contributed by atoms with Gasteiger partial charge in [0.05, 0.1) is 5.39 Å². The Morgan fingerprint density at radius 1 is 1.10 bits per heavy atom. The van der Waals surface area contributed by atoms with E-state index in [9.17, 15) is 0 Å². The quantitative estimate of drug-likeness (QED) is 0.684. The lowest BCUT2D eigenvalue weighted by molar-refractivity contribution is -0.195. The molecule has 4 unspecified atom stereocenters. The van der Waals surface area contributed by atoms with Crippen molar-refractivity contribution < 1.29 is 14.2 Å². The average molecular weight is 395 g/mol. The summed E-state index contributed by atoms with van der Waals surface area (Å²) in [6.45, 7) is 5.29. The van der Waals surface area contributed by atoms with E-state index < -0.39 is 5.79 Å². The molecule has 1 aromatic carbocycles. The SMILES string of the molecule is CC1(C)OC2C(CNCc3ccccc3)OC(n3ccc4c(N)ncnc43)C2O1. The summed E-state index contributed by atoms with van der Waals surface area (Å²) in [6.07, 6.45) is 2.49. The maximum atomic E-state index is 6.40. The third-order valence-corrected chi connectivity index (χ3v) is 5.46. The second kappa shape index (κ2) is 7.07. The van der Waals surface area contributed by atoms with E-state index in [1.807, 2.05) is 48.9 Å². The molecule has 29 heavy (non-hydrogen) atoms. The summed E-state index contributed by atoms with van der Waals surface area (Å²) in [4.78, 5) is 8.47. The predicted molar refractivity (Wildman–Crippen MR) is 108 cm³/mol. The molecule has 4 heterocycles. The molecule has 8 nitrogen and oxygen atoms in total. The number of hydrogen-bond acceptors (Lipinski definition) is 7. The van der Waals surface area contributed by atoms with Crippen molar-refractivity contribution in [3.8, 4) is 0 Å². The normalized spacial score (nSPS) is 28.1. The molecule has 5 rings (SSSR count). The van der Waals surface area contributed by atoms with E-state index in [1.54, 1.807) is 0 Å². The number of fused-ring (bicyclic) bond motifs is 2. The Morgan fingerprint density at radius 3 is 2.72 bits per heavy atom. The fourth-order valence-electron chi connectivity index (χ4n) is 4.20. The third kappa shape index (κ3) is 3.38. The first kappa shape index (κ1) is 18.5. The van der Waals surface area contributed by atoms with Gasteiger partial charge >= 0.3 is 0 Å². The number of benzene rings is 1. The molecular weight excluding hydrogens is 370 g/mol. The number of ether oxygens (including phenoxy) is 3. The van der Waals surface area contributed by atoms with Crippen LogP contribution >= 0.6 is 0 Å². The van der Waals surface area contributed by atoms with Gasteiger partial charge < -0.3 is 29.8 Å². The highest BCUT2D eigenvalue weighted by Gasteiger charge is 2.55. The lowest BCUT2D eigenvalue weighted by Crippen LogP contribution is -2.37. The number of nitrogen functional groups attached to an aromatic ring is 1. The molecule has 2 aliphatic rings. The van der Waals surface area contributed by atoms with Crippen LogP contribution in [0, 0.1) is 0 Å². The average Bonchev–Trinajstić information content (AvgIpc) is 3.35. The molecule has 0 radical (unpaired) electrons. The Labute approximate surface area is 169 Å². The zero-order chi connectivity index (χ0) is 20.0. The summed E-state index contributed by atoms with van der Waals surface area (Å²) in [6, 6.07) is 12.2. The van der Waals surface area contributed by atoms with Crippen LogP contribution in [0.5, 0.6) is 0 Å². The topological polar surface area (TPSA) is 96.5 Å². The zero-order valence-electron chi connectivity index (χ0n) is 16.5. The van der Waals surface area contributed by atoms with Crippen molar-refractivity contribution >= 4 is 16.9 Å². The van der Waals surface area contributed by atoms with E-state index >= 15 is 0 Å². The Kier molecular flexibility index (Phi) is 4.51. The van der Waals surface area contributed by atoms with Gasteiger partial charge in [-0.05, 0) is 25.5 Å². The number of anilines is 1. The van der Waals surface area contributed by atoms with E-state index in [2.05, 4.69) is 27.4 Å². The summed E-state index contributed by atoms with van der Waals surface area (Å²) in [7, 11) is 0. The largest absolute Gasteiger partial charge is 0.383 e. The Hall–Kier alpha value is -2.52. The van der Waals surface area contributed by atoms with Crippen molar-refractivity contribution in [3.63, 3.8) is 0 Å². The molecule has 3 aromatic rings. The lowest BCUT2D eigenvalue weighted by atomic mass is 10.1. The molecule has 4 atom stereocenters. The lowest BCUT2D eigenvalue weighted by Gasteiger charge is -2.25. The fourth-order valence-corrected chi connectivity index (χ4v) is 4.20. The predicted octanol–water partition coefficient (Wildman–Crippen LogP) is 2.22. The molecule has 0 saturated carbocycles. The standard InChI is InChI=1S/C21H25N5O3/c1-21(2)28-16-15(11-23-10-13-6-4-3-5-7-13)27-20(17(16)29-21)26-9-8-14-18(22)24-12-25-19(14)26/h3-9,12,15-17,20,23H,10-11H2,1-2H3,(H2,22,24,25). The Balaban J connectivity index is 1.38. The molecule has 8 heteroatoms. The van der Waals surface area contributed by atoms with Crippen LogP contribution in [0.2, 0.25) is 0 Å². The monoisotopic (exact) mass is 395 g/mol. The van der Waals surface area contributed by atoms with Gasteiger partial charge in [-0.2, -0.15) is 0 Å². The molecule has 0 spiro atoms. The molecule has 2 aliphatic heterocycles. The molecular formula is C21H25N5O3. The molecule has 0 aliphatic carbocycles. The van der Waals surface area contributed by atoms with Gasteiger partial charge in [-0.25, -0.2) is 9.97 Å². The smallest absolute Gasteiger partial charge is 0.164 e. The van der Waals surface area contributed by atoms with Crippen molar-refractivity contribution in [2.75, 3.05) is 12.3 Å². The van der Waals surface area contributed by atoms with E-state index in [0.717, 1.165) is 17.6 Å². The minimum absolute atomic E-state index is 0.146. The van der Waals surface area contributed by atoms with Gasteiger partial charge in [0.15, 0.2) is 12.0 Å². The van der Waals surface area contributed by atoms with Gasteiger partial charge in [-0.3, -0.25) is 0 Å². The van der Waals surface area contributed by atoms with Crippen molar-refractivity contribution in [2.45, 2.75) is 50.7 Å². The fraction of sp³-hybridized carbons (Fsp3) is 0.429. The maximum absolute atomic E-state index is 6.40. The Morgan fingerprint density at radius 2 is 1.90 bits per heavy atom. The molecule has 2 aromatic heterocycles. The molecule has 2 saturated heterocycles. The second-order valence-electron chi connectivity index (χ2n) is 7.97. The van der Waals surface area contributed by atoms with Crippen LogP contribution in [0.25, 0.3) is 11.0 Å². The van der Waals surface area contributed by atoms with Gasteiger partial charge in [0.25, 0.3) is 0 Å². The van der Waals surface area contributed by atoms with Crippen LogP contribution in [0.1, 0.15) is 25.6 Å². The van der Waals surface area contributed by atoms with Gasteiger partial charge in [0, 0.05) is 19.3 Å². The zero-order valence-corrected chi connectivity index (χ0v) is 16.5. The van der Waals surface area contributed by atoms with Crippen LogP contribution in [0.15, 0.2) is 48.9 Å². The number of rotatable bonds is 5. The molecule has 2 fully saturated rings. The third-order valence-electron chi connectivity index (χ3n) is 5.46. The summed E-state index contributed by atoms with van der Waals surface area (Å²) >= 11 is 0. The van der Waals surface area contributed by atoms with E-state index in [-0.39, 0.29) is 24.5 Å². The first-order valence-corrected chi connectivity index (χ1v) is 9.84. The van der Waals surface area contributed by atoms with Gasteiger partial charge in [-0.1, -0.05) is 30.3 Å². The maximum Gasteiger partial charge on any atom is 0.164 e. The van der Waals surface area contributed by atoms with Crippen LogP contribution in [-0.2, 0) is 20.8 Å². The molecule has 3 N–H and O–H groups in total. The van der Waals surface area contributed by atoms with Gasteiger partial charge in [0.2, 0.25) is 0 Å². The Bertz CT molecular complexity index is 1010. The summed E-state index contributed by atoms with van der Waals surface area (Å²) in [5.74, 6) is -0.209. The number of hydrogen-bond donors (Lipinski definition) is 2. The highest BCUT2D eigenvalue weighted by atomic mass is 16.8. The number of nitrogens with two attached hydrogens (primary N) is 1.